The van der Waals surface area contributed by atoms with Gasteiger partial charge in [-0.15, -0.1) is 0 Å². The molecular formula is C14H23NO3. The maximum atomic E-state index is 5.48. The second-order valence-corrected chi connectivity index (χ2v) is 3.92. The molecule has 0 spiro atoms. The predicted molar refractivity (Wildman–Crippen MR) is 73.3 cm³/mol. The van der Waals surface area contributed by atoms with E-state index in [1.807, 2.05) is 39.0 Å². The van der Waals surface area contributed by atoms with E-state index in [2.05, 4.69) is 5.32 Å². The summed E-state index contributed by atoms with van der Waals surface area (Å²) < 4.78 is 16.3. The summed E-state index contributed by atoms with van der Waals surface area (Å²) in [7, 11) is 1.67. The molecule has 0 saturated heterocycles. The Hall–Kier alpha value is -1.26. The molecule has 0 fully saturated rings. The van der Waals surface area contributed by atoms with Crippen molar-refractivity contribution >= 4 is 5.69 Å². The summed E-state index contributed by atoms with van der Waals surface area (Å²) in [4.78, 5) is 0. The summed E-state index contributed by atoms with van der Waals surface area (Å²) in [6.07, 6.45) is -0.231. The van der Waals surface area contributed by atoms with Crippen molar-refractivity contribution in [3.63, 3.8) is 0 Å². The number of hydrogen-bond donors (Lipinski definition) is 1. The number of benzene rings is 1. The predicted octanol–water partition coefficient (Wildman–Crippen LogP) is 2.81. The SMILES string of the molecule is CCOC(CNc1cc(C)ccc1OC)OCC. The van der Waals surface area contributed by atoms with E-state index in [4.69, 9.17) is 14.2 Å². The third-order valence-electron chi connectivity index (χ3n) is 2.52. The first kappa shape index (κ1) is 14.8. The van der Waals surface area contributed by atoms with Crippen LogP contribution in [-0.2, 0) is 9.47 Å². The Bertz CT molecular complexity index is 349. The zero-order valence-electron chi connectivity index (χ0n) is 11.7. The van der Waals surface area contributed by atoms with Gasteiger partial charge in [0.25, 0.3) is 0 Å². The Balaban J connectivity index is 2.62. The lowest BCUT2D eigenvalue weighted by atomic mass is 10.2. The molecule has 18 heavy (non-hydrogen) atoms. The van der Waals surface area contributed by atoms with Crippen LogP contribution in [0.5, 0.6) is 5.75 Å². The largest absolute Gasteiger partial charge is 0.495 e. The molecule has 0 radical (unpaired) electrons. The lowest BCUT2D eigenvalue weighted by molar-refractivity contribution is -0.126. The minimum absolute atomic E-state index is 0.231. The van der Waals surface area contributed by atoms with Gasteiger partial charge in [-0.05, 0) is 38.5 Å². The van der Waals surface area contributed by atoms with Crippen LogP contribution in [0.4, 0.5) is 5.69 Å². The van der Waals surface area contributed by atoms with Crippen LogP contribution in [0.25, 0.3) is 0 Å². The van der Waals surface area contributed by atoms with Crippen LogP contribution in [0.15, 0.2) is 18.2 Å². The molecule has 1 N–H and O–H groups in total. The molecule has 0 atom stereocenters. The van der Waals surface area contributed by atoms with Crippen LogP contribution in [0.1, 0.15) is 19.4 Å². The van der Waals surface area contributed by atoms with Gasteiger partial charge in [-0.2, -0.15) is 0 Å². The Morgan fingerprint density at radius 1 is 1.17 bits per heavy atom. The summed E-state index contributed by atoms with van der Waals surface area (Å²) in [5, 5.41) is 3.30. The normalized spacial score (nSPS) is 10.7. The highest BCUT2D eigenvalue weighted by Crippen LogP contribution is 2.25. The van der Waals surface area contributed by atoms with Crippen molar-refractivity contribution in [2.24, 2.45) is 0 Å². The molecule has 0 unspecified atom stereocenters. The highest BCUT2D eigenvalue weighted by Gasteiger charge is 2.09. The Morgan fingerprint density at radius 3 is 2.39 bits per heavy atom. The van der Waals surface area contributed by atoms with Gasteiger partial charge in [0.1, 0.15) is 5.75 Å². The molecule has 0 aliphatic rings. The molecule has 0 amide bonds. The fourth-order valence-corrected chi connectivity index (χ4v) is 1.69. The Labute approximate surface area is 109 Å². The zero-order chi connectivity index (χ0) is 13.4. The van der Waals surface area contributed by atoms with Crippen LogP contribution in [-0.4, -0.2) is 33.2 Å². The van der Waals surface area contributed by atoms with Crippen molar-refractivity contribution in [1.82, 2.24) is 0 Å². The summed E-state index contributed by atoms with van der Waals surface area (Å²) in [5.74, 6) is 0.826. The summed E-state index contributed by atoms with van der Waals surface area (Å²) >= 11 is 0. The van der Waals surface area contributed by atoms with E-state index in [-0.39, 0.29) is 6.29 Å². The van der Waals surface area contributed by atoms with E-state index in [1.165, 1.54) is 5.56 Å². The van der Waals surface area contributed by atoms with Crippen LogP contribution in [0.2, 0.25) is 0 Å². The van der Waals surface area contributed by atoms with Gasteiger partial charge in [-0.1, -0.05) is 6.07 Å². The number of anilines is 1. The molecule has 4 nitrogen and oxygen atoms in total. The van der Waals surface area contributed by atoms with Gasteiger partial charge >= 0.3 is 0 Å². The summed E-state index contributed by atoms with van der Waals surface area (Å²) in [6.45, 7) is 7.84. The van der Waals surface area contributed by atoms with Crippen molar-refractivity contribution in [1.29, 1.82) is 0 Å². The van der Waals surface area contributed by atoms with E-state index >= 15 is 0 Å². The Kier molecular flexibility index (Phi) is 6.54. The van der Waals surface area contributed by atoms with Gasteiger partial charge in [-0.3, -0.25) is 0 Å². The maximum Gasteiger partial charge on any atom is 0.174 e. The molecule has 0 aliphatic carbocycles. The van der Waals surface area contributed by atoms with Crippen molar-refractivity contribution in [3.8, 4) is 5.75 Å². The third kappa shape index (κ3) is 4.55. The topological polar surface area (TPSA) is 39.7 Å². The van der Waals surface area contributed by atoms with Crippen molar-refractivity contribution < 1.29 is 14.2 Å². The van der Waals surface area contributed by atoms with Crippen LogP contribution >= 0.6 is 0 Å². The lowest BCUT2D eigenvalue weighted by Gasteiger charge is -2.19. The molecule has 0 aliphatic heterocycles. The first-order valence-corrected chi connectivity index (χ1v) is 6.33. The minimum atomic E-state index is -0.231. The Morgan fingerprint density at radius 2 is 1.83 bits per heavy atom. The number of ether oxygens (including phenoxy) is 3. The number of rotatable bonds is 8. The zero-order valence-corrected chi connectivity index (χ0v) is 11.7. The molecule has 0 bridgehead atoms. The highest BCUT2D eigenvalue weighted by molar-refractivity contribution is 5.57. The molecule has 0 aromatic heterocycles. The first-order chi connectivity index (χ1) is 8.71. The fourth-order valence-electron chi connectivity index (χ4n) is 1.69. The van der Waals surface area contributed by atoms with Crippen molar-refractivity contribution in [2.45, 2.75) is 27.1 Å². The molecule has 102 valence electrons. The fraction of sp³-hybridized carbons (Fsp3) is 0.571. The average molecular weight is 253 g/mol. The number of methoxy groups -OCH3 is 1. The van der Waals surface area contributed by atoms with Crippen molar-refractivity contribution in [2.75, 3.05) is 32.2 Å². The van der Waals surface area contributed by atoms with Gasteiger partial charge in [0.05, 0.1) is 19.3 Å². The van der Waals surface area contributed by atoms with Crippen molar-refractivity contribution in [3.05, 3.63) is 23.8 Å². The van der Waals surface area contributed by atoms with Crippen LogP contribution in [0, 0.1) is 6.92 Å². The summed E-state index contributed by atoms with van der Waals surface area (Å²) in [6, 6.07) is 6.02. The maximum absolute atomic E-state index is 5.48. The number of aryl methyl sites for hydroxylation is 1. The van der Waals surface area contributed by atoms with Gasteiger partial charge in [0.15, 0.2) is 6.29 Å². The second kappa shape index (κ2) is 7.95. The molecule has 4 heteroatoms. The molecule has 1 aromatic rings. The monoisotopic (exact) mass is 253 g/mol. The van der Waals surface area contributed by atoms with Gasteiger partial charge < -0.3 is 19.5 Å². The number of hydrogen-bond acceptors (Lipinski definition) is 4. The smallest absolute Gasteiger partial charge is 0.174 e. The third-order valence-corrected chi connectivity index (χ3v) is 2.52. The van der Waals surface area contributed by atoms with E-state index in [0.717, 1.165) is 11.4 Å². The van der Waals surface area contributed by atoms with E-state index in [0.29, 0.717) is 19.8 Å². The first-order valence-electron chi connectivity index (χ1n) is 6.33. The molecule has 0 heterocycles. The van der Waals surface area contributed by atoms with Crippen LogP contribution in [0.3, 0.4) is 0 Å². The molecule has 1 aromatic carbocycles. The lowest BCUT2D eigenvalue weighted by Crippen LogP contribution is -2.26. The summed E-state index contributed by atoms with van der Waals surface area (Å²) in [5.41, 5.74) is 2.14. The molecular weight excluding hydrogens is 230 g/mol. The quantitative estimate of drug-likeness (QED) is 0.723. The molecule has 0 saturated carbocycles. The molecule has 1 rings (SSSR count). The average Bonchev–Trinajstić information content (AvgIpc) is 2.36. The second-order valence-electron chi connectivity index (χ2n) is 3.92. The van der Waals surface area contributed by atoms with Gasteiger partial charge in [-0.25, -0.2) is 0 Å². The van der Waals surface area contributed by atoms with E-state index in [9.17, 15) is 0 Å². The van der Waals surface area contributed by atoms with Crippen LogP contribution < -0.4 is 10.1 Å². The highest BCUT2D eigenvalue weighted by atomic mass is 16.7. The van der Waals surface area contributed by atoms with E-state index < -0.39 is 0 Å². The standard InChI is InChI=1S/C14H23NO3/c1-5-17-14(18-6-2)10-15-12-9-11(3)7-8-13(12)16-4/h7-9,14-15H,5-6,10H2,1-4H3. The van der Waals surface area contributed by atoms with Gasteiger partial charge in [0.2, 0.25) is 0 Å². The minimum Gasteiger partial charge on any atom is -0.495 e. The van der Waals surface area contributed by atoms with E-state index in [1.54, 1.807) is 7.11 Å². The van der Waals surface area contributed by atoms with Gasteiger partial charge in [0, 0.05) is 13.2 Å². The number of nitrogens with one attached hydrogen (secondary N) is 1.